The van der Waals surface area contributed by atoms with Crippen LogP contribution in [-0.4, -0.2) is 49.3 Å². The molecule has 0 saturated heterocycles. The highest BCUT2D eigenvalue weighted by Crippen LogP contribution is 2.29. The van der Waals surface area contributed by atoms with Gasteiger partial charge in [-0.2, -0.15) is 0 Å². The highest BCUT2D eigenvalue weighted by molar-refractivity contribution is 7.13. The Balaban J connectivity index is 1.79. The molecule has 0 radical (unpaired) electrons. The second kappa shape index (κ2) is 14.3. The normalized spacial score (nSPS) is 11.7. The average Bonchev–Trinajstić information content (AvgIpc) is 3.43. The van der Waals surface area contributed by atoms with Crippen LogP contribution in [0.5, 0.6) is 5.75 Å². The van der Waals surface area contributed by atoms with Crippen LogP contribution in [-0.2, 0) is 4.74 Å². The van der Waals surface area contributed by atoms with Crippen LogP contribution in [0.4, 0.5) is 10.2 Å². The molecule has 0 amide bonds. The quantitative estimate of drug-likeness (QED) is 0.121. The maximum Gasteiger partial charge on any atom is 0.339 e. The van der Waals surface area contributed by atoms with E-state index in [0.717, 1.165) is 16.1 Å². The van der Waals surface area contributed by atoms with E-state index in [-0.39, 0.29) is 36.3 Å². The number of aromatic nitrogens is 1. The third kappa shape index (κ3) is 7.87. The van der Waals surface area contributed by atoms with Crippen molar-refractivity contribution in [3.05, 3.63) is 70.6 Å². The van der Waals surface area contributed by atoms with Crippen LogP contribution in [0.15, 0.2) is 58.7 Å². The number of nitrogens with zero attached hydrogens (tertiary/aromatic N) is 2. The Morgan fingerprint density at radius 2 is 2.08 bits per heavy atom. The number of allylic oxidation sites excluding steroid dienone is 1. The number of aromatic carboxylic acids is 1. The van der Waals surface area contributed by atoms with Crippen molar-refractivity contribution in [3.8, 4) is 16.2 Å². The number of ether oxygens (including phenoxy) is 2. The highest BCUT2D eigenvalue weighted by atomic mass is 32.1. The Bertz CT molecular complexity index is 1260. The summed E-state index contributed by atoms with van der Waals surface area (Å²) in [6.07, 6.45) is 2.25. The standard InChI is InChI=1S/C28H33FN4O4S/c1-5-36-10-11-37-24-9-8-19(15-22(24)29)26(30-4)23(13-18(2)3)32-17-33-27-21(28(34)35)14-20(16-31-27)25-7-6-12-38-25/h6-9,12,14-16,18,32H,4-5,10-11,13,17H2,1-3H3,(H,31,33)(H,34,35)/b26-23-. The largest absolute Gasteiger partial charge is 0.488 e. The summed E-state index contributed by atoms with van der Waals surface area (Å²) >= 11 is 1.51. The van der Waals surface area contributed by atoms with Gasteiger partial charge < -0.3 is 25.2 Å². The minimum absolute atomic E-state index is 0.0659. The van der Waals surface area contributed by atoms with Gasteiger partial charge in [0.15, 0.2) is 11.6 Å². The number of pyridine rings is 1. The number of thiophene rings is 1. The fraction of sp³-hybridized carbons (Fsp3) is 0.321. The first kappa shape index (κ1) is 28.8. The molecule has 8 nitrogen and oxygen atoms in total. The summed E-state index contributed by atoms with van der Waals surface area (Å²) in [5.41, 5.74) is 2.58. The molecule has 0 atom stereocenters. The van der Waals surface area contributed by atoms with E-state index in [1.54, 1.807) is 24.4 Å². The van der Waals surface area contributed by atoms with Gasteiger partial charge >= 0.3 is 5.97 Å². The zero-order chi connectivity index (χ0) is 27.5. The number of nitrogens with one attached hydrogen (secondary N) is 2. The lowest BCUT2D eigenvalue weighted by Crippen LogP contribution is -2.25. The van der Waals surface area contributed by atoms with Gasteiger partial charge in [-0.3, -0.25) is 4.99 Å². The Kier molecular flexibility index (Phi) is 10.8. The predicted octanol–water partition coefficient (Wildman–Crippen LogP) is 6.14. The van der Waals surface area contributed by atoms with E-state index in [9.17, 15) is 14.3 Å². The number of hydrogen-bond donors (Lipinski definition) is 3. The van der Waals surface area contributed by atoms with Crippen molar-refractivity contribution in [2.75, 3.05) is 31.8 Å². The first-order valence-corrected chi connectivity index (χ1v) is 13.2. The molecule has 0 aliphatic rings. The van der Waals surface area contributed by atoms with E-state index < -0.39 is 11.8 Å². The van der Waals surface area contributed by atoms with E-state index in [1.807, 2.05) is 24.4 Å². The van der Waals surface area contributed by atoms with Gasteiger partial charge in [0.25, 0.3) is 0 Å². The predicted molar refractivity (Wildman–Crippen MR) is 150 cm³/mol. The summed E-state index contributed by atoms with van der Waals surface area (Å²) < 4.78 is 25.5. The van der Waals surface area contributed by atoms with Gasteiger partial charge in [0.05, 0.1) is 19.0 Å². The second-order valence-electron chi connectivity index (χ2n) is 8.71. The number of halogens is 1. The number of benzene rings is 1. The van der Waals surface area contributed by atoms with Crippen molar-refractivity contribution in [2.24, 2.45) is 10.9 Å². The molecule has 2 heterocycles. The van der Waals surface area contributed by atoms with Crippen LogP contribution >= 0.6 is 11.3 Å². The van der Waals surface area contributed by atoms with Crippen molar-refractivity contribution in [2.45, 2.75) is 27.2 Å². The molecule has 38 heavy (non-hydrogen) atoms. The molecule has 0 fully saturated rings. The van der Waals surface area contributed by atoms with Crippen molar-refractivity contribution < 1.29 is 23.8 Å². The number of rotatable bonds is 15. The molecule has 10 heteroatoms. The van der Waals surface area contributed by atoms with E-state index in [2.05, 4.69) is 41.2 Å². The molecule has 3 rings (SSSR count). The molecule has 0 aliphatic heterocycles. The van der Waals surface area contributed by atoms with Crippen molar-refractivity contribution in [1.29, 1.82) is 0 Å². The fourth-order valence-corrected chi connectivity index (χ4v) is 4.43. The maximum absolute atomic E-state index is 14.8. The van der Waals surface area contributed by atoms with E-state index in [1.165, 1.54) is 17.4 Å². The monoisotopic (exact) mass is 540 g/mol. The summed E-state index contributed by atoms with van der Waals surface area (Å²) in [5.74, 6) is -0.956. The number of carbonyl (C=O) groups is 1. The first-order valence-electron chi connectivity index (χ1n) is 12.3. The summed E-state index contributed by atoms with van der Waals surface area (Å²) in [6.45, 7) is 11.1. The lowest BCUT2D eigenvalue weighted by atomic mass is 10.0. The van der Waals surface area contributed by atoms with E-state index in [0.29, 0.717) is 30.9 Å². The summed E-state index contributed by atoms with van der Waals surface area (Å²) in [6, 6.07) is 10.1. The third-order valence-electron chi connectivity index (χ3n) is 5.43. The molecule has 202 valence electrons. The Morgan fingerprint density at radius 1 is 1.26 bits per heavy atom. The molecule has 1 aromatic carbocycles. The number of carboxylic acids is 1. The summed E-state index contributed by atoms with van der Waals surface area (Å²) in [4.78, 5) is 21.4. The lowest BCUT2D eigenvalue weighted by Gasteiger charge is -2.18. The molecular weight excluding hydrogens is 507 g/mol. The molecule has 0 spiro atoms. The molecular formula is C28H33FN4O4S. The van der Waals surface area contributed by atoms with Gasteiger partial charge in [0.1, 0.15) is 18.0 Å². The van der Waals surface area contributed by atoms with E-state index in [4.69, 9.17) is 9.47 Å². The van der Waals surface area contributed by atoms with Crippen LogP contribution < -0.4 is 15.4 Å². The Labute approximate surface area is 226 Å². The number of aliphatic imine (C=N–C) groups is 1. The van der Waals surface area contributed by atoms with Crippen LogP contribution in [0.2, 0.25) is 0 Å². The number of carboxylic acid groups (broad SMARTS) is 1. The fourth-order valence-electron chi connectivity index (χ4n) is 3.72. The highest BCUT2D eigenvalue weighted by Gasteiger charge is 2.16. The molecule has 3 N–H and O–H groups in total. The van der Waals surface area contributed by atoms with Crippen LogP contribution in [0.3, 0.4) is 0 Å². The Hall–Kier alpha value is -3.76. The molecule has 2 aromatic heterocycles. The van der Waals surface area contributed by atoms with Gasteiger partial charge in [0, 0.05) is 34.5 Å². The summed E-state index contributed by atoms with van der Waals surface area (Å²) in [7, 11) is 0. The van der Waals surface area contributed by atoms with Crippen LogP contribution in [0.1, 0.15) is 43.1 Å². The number of hydrogen-bond acceptors (Lipinski definition) is 8. The van der Waals surface area contributed by atoms with Gasteiger partial charge in [0.2, 0.25) is 0 Å². The molecule has 0 saturated carbocycles. The van der Waals surface area contributed by atoms with Crippen molar-refractivity contribution in [1.82, 2.24) is 10.3 Å². The molecule has 0 aliphatic carbocycles. The minimum Gasteiger partial charge on any atom is -0.488 e. The molecule has 0 unspecified atom stereocenters. The van der Waals surface area contributed by atoms with Gasteiger partial charge in [-0.25, -0.2) is 14.2 Å². The van der Waals surface area contributed by atoms with Gasteiger partial charge in [-0.15, -0.1) is 11.3 Å². The third-order valence-corrected chi connectivity index (χ3v) is 6.35. The van der Waals surface area contributed by atoms with Crippen molar-refractivity contribution >= 4 is 35.5 Å². The lowest BCUT2D eigenvalue weighted by molar-refractivity contribution is 0.0697. The molecule has 0 bridgehead atoms. The number of anilines is 1. The first-order chi connectivity index (χ1) is 18.3. The molecule has 3 aromatic rings. The zero-order valence-corrected chi connectivity index (χ0v) is 22.6. The Morgan fingerprint density at radius 3 is 2.71 bits per heavy atom. The maximum atomic E-state index is 14.8. The van der Waals surface area contributed by atoms with Crippen molar-refractivity contribution in [3.63, 3.8) is 0 Å². The van der Waals surface area contributed by atoms with Gasteiger partial charge in [-0.05, 0) is 61.7 Å². The average molecular weight is 541 g/mol. The van der Waals surface area contributed by atoms with Gasteiger partial charge in [-0.1, -0.05) is 19.9 Å². The second-order valence-corrected chi connectivity index (χ2v) is 9.65. The van der Waals surface area contributed by atoms with Crippen LogP contribution in [0, 0.1) is 11.7 Å². The SMILES string of the molecule is C=N/C(=C(/CC(C)C)NCNc1ncc(-c2cccs2)cc1C(=O)O)c1ccc(OCCOCC)c(F)c1. The minimum atomic E-state index is -1.08. The smallest absolute Gasteiger partial charge is 0.339 e. The van der Waals surface area contributed by atoms with Crippen LogP contribution in [0.25, 0.3) is 16.1 Å². The topological polar surface area (TPSA) is 105 Å². The van der Waals surface area contributed by atoms with E-state index >= 15 is 0 Å². The zero-order valence-electron chi connectivity index (χ0n) is 21.8. The summed E-state index contributed by atoms with van der Waals surface area (Å²) in [5, 5.41) is 18.0.